The third-order valence-electron chi connectivity index (χ3n) is 4.05. The van der Waals surface area contributed by atoms with Crippen LogP contribution >= 0.6 is 15.9 Å². The topological polar surface area (TPSA) is 24.5 Å². The smallest absolute Gasteiger partial charge is 0.0645 e. The Morgan fingerprint density at radius 1 is 1.38 bits per heavy atom. The fourth-order valence-electron chi connectivity index (χ4n) is 2.63. The summed E-state index contributed by atoms with van der Waals surface area (Å²) in [6.45, 7) is 12.3. The lowest BCUT2D eigenvalue weighted by Gasteiger charge is -2.42. The van der Waals surface area contributed by atoms with Gasteiger partial charge in [-0.25, -0.2) is 0 Å². The fourth-order valence-corrected chi connectivity index (χ4v) is 3.18. The SMILES string of the molecule is CCCNCc1ccc(CN2CCOCC2(C)C)c(Br)c1. The number of halogens is 1. The quantitative estimate of drug-likeness (QED) is 0.790. The van der Waals surface area contributed by atoms with E-state index in [-0.39, 0.29) is 5.54 Å². The molecule has 2 rings (SSSR count). The molecule has 1 aromatic carbocycles. The summed E-state index contributed by atoms with van der Waals surface area (Å²) in [6, 6.07) is 6.72. The molecule has 118 valence electrons. The van der Waals surface area contributed by atoms with Gasteiger partial charge in [0.25, 0.3) is 0 Å². The molecular weight excluding hydrogens is 328 g/mol. The number of benzene rings is 1. The maximum Gasteiger partial charge on any atom is 0.0645 e. The van der Waals surface area contributed by atoms with Crippen LogP contribution in [-0.2, 0) is 17.8 Å². The number of hydrogen-bond acceptors (Lipinski definition) is 3. The molecule has 4 heteroatoms. The molecule has 1 fully saturated rings. The summed E-state index contributed by atoms with van der Waals surface area (Å²) in [5.41, 5.74) is 2.79. The maximum absolute atomic E-state index is 5.60. The Kier molecular flexibility index (Phi) is 6.23. The predicted octanol–water partition coefficient (Wildman–Crippen LogP) is 3.56. The highest BCUT2D eigenvalue weighted by Gasteiger charge is 2.30. The van der Waals surface area contributed by atoms with Crippen LogP contribution in [0.5, 0.6) is 0 Å². The molecule has 21 heavy (non-hydrogen) atoms. The fraction of sp³-hybridized carbons (Fsp3) is 0.647. The molecule has 0 unspecified atom stereocenters. The Balaban J connectivity index is 2.00. The molecule has 0 amide bonds. The van der Waals surface area contributed by atoms with E-state index in [1.807, 2.05) is 0 Å². The molecule has 0 aromatic heterocycles. The first-order valence-electron chi connectivity index (χ1n) is 7.84. The molecule has 1 aromatic rings. The van der Waals surface area contributed by atoms with Gasteiger partial charge in [-0.2, -0.15) is 0 Å². The normalized spacial score (nSPS) is 18.9. The Hall–Kier alpha value is -0.420. The van der Waals surface area contributed by atoms with E-state index in [1.54, 1.807) is 0 Å². The van der Waals surface area contributed by atoms with Gasteiger partial charge >= 0.3 is 0 Å². The summed E-state index contributed by atoms with van der Waals surface area (Å²) in [7, 11) is 0. The Bertz CT molecular complexity index is 462. The average Bonchev–Trinajstić information content (AvgIpc) is 2.44. The Labute approximate surface area is 137 Å². The molecule has 0 bridgehead atoms. The minimum Gasteiger partial charge on any atom is -0.378 e. The van der Waals surface area contributed by atoms with Gasteiger partial charge < -0.3 is 10.1 Å². The van der Waals surface area contributed by atoms with Gasteiger partial charge in [-0.05, 0) is 44.0 Å². The molecule has 1 N–H and O–H groups in total. The van der Waals surface area contributed by atoms with Crippen molar-refractivity contribution in [2.24, 2.45) is 0 Å². The van der Waals surface area contributed by atoms with Crippen molar-refractivity contribution in [3.05, 3.63) is 33.8 Å². The summed E-state index contributed by atoms with van der Waals surface area (Å²) in [5, 5.41) is 3.44. The van der Waals surface area contributed by atoms with Gasteiger partial charge in [0, 0.05) is 29.6 Å². The number of morpholine rings is 1. The lowest BCUT2D eigenvalue weighted by molar-refractivity contribution is -0.0553. The number of hydrogen-bond donors (Lipinski definition) is 1. The van der Waals surface area contributed by atoms with Crippen LogP contribution in [-0.4, -0.2) is 36.7 Å². The molecule has 0 spiro atoms. The summed E-state index contributed by atoms with van der Waals surface area (Å²) in [5.74, 6) is 0. The minimum atomic E-state index is 0.110. The van der Waals surface area contributed by atoms with E-state index in [9.17, 15) is 0 Å². The summed E-state index contributed by atoms with van der Waals surface area (Å²) >= 11 is 3.73. The molecule has 1 heterocycles. The first-order chi connectivity index (χ1) is 10.0. The zero-order valence-corrected chi connectivity index (χ0v) is 15.0. The zero-order valence-electron chi connectivity index (χ0n) is 13.4. The van der Waals surface area contributed by atoms with Crippen molar-refractivity contribution in [3.8, 4) is 0 Å². The van der Waals surface area contributed by atoms with Crippen LogP contribution in [0.3, 0.4) is 0 Å². The van der Waals surface area contributed by atoms with Gasteiger partial charge in [-0.3, -0.25) is 4.90 Å². The summed E-state index contributed by atoms with van der Waals surface area (Å²) < 4.78 is 6.80. The van der Waals surface area contributed by atoms with Crippen molar-refractivity contribution < 1.29 is 4.74 Å². The molecule has 1 aliphatic rings. The van der Waals surface area contributed by atoms with Crippen LogP contribution in [0.1, 0.15) is 38.3 Å². The lowest BCUT2D eigenvalue weighted by atomic mass is 10.0. The Morgan fingerprint density at radius 3 is 2.86 bits per heavy atom. The Morgan fingerprint density at radius 2 is 2.19 bits per heavy atom. The highest BCUT2D eigenvalue weighted by Crippen LogP contribution is 2.26. The zero-order chi connectivity index (χ0) is 15.3. The van der Waals surface area contributed by atoms with E-state index in [1.165, 1.54) is 22.0 Å². The van der Waals surface area contributed by atoms with Crippen LogP contribution in [0.4, 0.5) is 0 Å². The molecule has 0 radical (unpaired) electrons. The second-order valence-electron chi connectivity index (χ2n) is 6.39. The molecule has 3 nitrogen and oxygen atoms in total. The number of nitrogens with zero attached hydrogens (tertiary/aromatic N) is 1. The van der Waals surface area contributed by atoms with Gasteiger partial charge in [0.05, 0.1) is 13.2 Å². The third-order valence-corrected chi connectivity index (χ3v) is 4.79. The van der Waals surface area contributed by atoms with E-state index in [2.05, 4.69) is 65.1 Å². The molecule has 0 atom stereocenters. The van der Waals surface area contributed by atoms with E-state index < -0.39 is 0 Å². The van der Waals surface area contributed by atoms with Crippen molar-refractivity contribution in [2.45, 2.75) is 45.8 Å². The number of ether oxygens (including phenoxy) is 1. The van der Waals surface area contributed by atoms with Gasteiger partial charge in [0.2, 0.25) is 0 Å². The average molecular weight is 355 g/mol. The lowest BCUT2D eigenvalue weighted by Crippen LogP contribution is -2.52. The number of rotatable bonds is 6. The first kappa shape index (κ1) is 16.9. The highest BCUT2D eigenvalue weighted by atomic mass is 79.9. The van der Waals surface area contributed by atoms with Gasteiger partial charge in [0.15, 0.2) is 0 Å². The van der Waals surface area contributed by atoms with Crippen LogP contribution in [0.2, 0.25) is 0 Å². The maximum atomic E-state index is 5.60. The molecule has 1 aliphatic heterocycles. The van der Waals surface area contributed by atoms with Crippen molar-refractivity contribution in [3.63, 3.8) is 0 Å². The van der Waals surface area contributed by atoms with E-state index >= 15 is 0 Å². The number of nitrogens with one attached hydrogen (secondary N) is 1. The van der Waals surface area contributed by atoms with E-state index in [4.69, 9.17) is 4.74 Å². The summed E-state index contributed by atoms with van der Waals surface area (Å²) in [4.78, 5) is 2.51. The standard InChI is InChI=1S/C17H27BrN2O/c1-4-7-19-11-14-5-6-15(16(18)10-14)12-20-8-9-21-13-17(20,2)3/h5-6,10,19H,4,7-9,11-13H2,1-3H3. The predicted molar refractivity (Wildman–Crippen MR) is 91.4 cm³/mol. The van der Waals surface area contributed by atoms with E-state index in [0.717, 1.165) is 39.4 Å². The second kappa shape index (κ2) is 7.73. The molecule has 1 saturated heterocycles. The van der Waals surface area contributed by atoms with Crippen molar-refractivity contribution in [1.29, 1.82) is 0 Å². The molecule has 0 aliphatic carbocycles. The third kappa shape index (κ3) is 4.78. The van der Waals surface area contributed by atoms with Crippen molar-refractivity contribution in [1.82, 2.24) is 10.2 Å². The van der Waals surface area contributed by atoms with Crippen LogP contribution in [0.15, 0.2) is 22.7 Å². The van der Waals surface area contributed by atoms with Gasteiger partial charge in [0.1, 0.15) is 0 Å². The van der Waals surface area contributed by atoms with Crippen LogP contribution in [0, 0.1) is 0 Å². The first-order valence-corrected chi connectivity index (χ1v) is 8.63. The van der Waals surface area contributed by atoms with Gasteiger partial charge in [-0.15, -0.1) is 0 Å². The van der Waals surface area contributed by atoms with Crippen molar-refractivity contribution in [2.75, 3.05) is 26.3 Å². The van der Waals surface area contributed by atoms with Crippen LogP contribution in [0.25, 0.3) is 0 Å². The monoisotopic (exact) mass is 354 g/mol. The van der Waals surface area contributed by atoms with E-state index in [0.29, 0.717) is 0 Å². The molecular formula is C17H27BrN2O. The highest BCUT2D eigenvalue weighted by molar-refractivity contribution is 9.10. The minimum absolute atomic E-state index is 0.110. The summed E-state index contributed by atoms with van der Waals surface area (Å²) in [6.07, 6.45) is 1.17. The van der Waals surface area contributed by atoms with Gasteiger partial charge in [-0.1, -0.05) is 35.0 Å². The molecule has 0 saturated carbocycles. The van der Waals surface area contributed by atoms with Crippen LogP contribution < -0.4 is 5.32 Å². The second-order valence-corrected chi connectivity index (χ2v) is 7.24. The largest absolute Gasteiger partial charge is 0.378 e. The van der Waals surface area contributed by atoms with Crippen molar-refractivity contribution >= 4 is 15.9 Å².